The van der Waals surface area contributed by atoms with Gasteiger partial charge in [-0.25, -0.2) is 4.79 Å². The lowest BCUT2D eigenvalue weighted by Gasteiger charge is -2.15. The molecule has 3 aromatic carbocycles. The lowest BCUT2D eigenvalue weighted by molar-refractivity contribution is -0.109. The highest BCUT2D eigenvalue weighted by Gasteiger charge is 2.23. The van der Waals surface area contributed by atoms with Gasteiger partial charge in [0, 0.05) is 23.1 Å². The van der Waals surface area contributed by atoms with Gasteiger partial charge >= 0.3 is 6.09 Å². The van der Waals surface area contributed by atoms with Crippen molar-refractivity contribution in [1.82, 2.24) is 19.5 Å². The Hall–Kier alpha value is -3.31. The standard InChI is InChI=1S/C27H22Cl2N4O4S2/c1-17(34)38-15-24-30-31-25(16-39-32-27(36)37-14-18-7-3-2-4-8-18)33(24)23-12-11-19(28)13-21(23)26(35)20-9-5-6-10-22(20)29/h2-13H,14-16H2,1H3,(H,32,36). The summed E-state index contributed by atoms with van der Waals surface area (Å²) in [5.41, 5.74) is 1.93. The molecule has 8 nitrogen and oxygen atoms in total. The fourth-order valence-corrected chi connectivity index (χ4v) is 5.05. The van der Waals surface area contributed by atoms with E-state index in [4.69, 9.17) is 27.9 Å². The maximum atomic E-state index is 13.6. The summed E-state index contributed by atoms with van der Waals surface area (Å²) in [4.78, 5) is 37.5. The van der Waals surface area contributed by atoms with Crippen LogP contribution < -0.4 is 4.72 Å². The number of hydrogen-bond acceptors (Lipinski definition) is 8. The molecule has 0 aliphatic heterocycles. The molecule has 4 rings (SSSR count). The number of rotatable bonds is 10. The number of ketones is 1. The maximum absolute atomic E-state index is 13.6. The van der Waals surface area contributed by atoms with E-state index in [0.29, 0.717) is 32.9 Å². The Kier molecular flexibility index (Phi) is 10.0. The SMILES string of the molecule is CC(=O)SCc1nnc(CSNC(=O)OCc2ccccc2)n1-c1ccc(Cl)cc1C(=O)c1ccccc1Cl. The third-order valence-electron chi connectivity index (χ3n) is 5.33. The molecule has 0 radical (unpaired) electrons. The molecule has 0 atom stereocenters. The Labute approximate surface area is 243 Å². The van der Waals surface area contributed by atoms with E-state index in [-0.39, 0.29) is 34.6 Å². The molecule has 0 unspecified atom stereocenters. The number of nitrogens with zero attached hydrogens (tertiary/aromatic N) is 3. The quantitative estimate of drug-likeness (QED) is 0.159. The van der Waals surface area contributed by atoms with Crippen molar-refractivity contribution < 1.29 is 19.1 Å². The van der Waals surface area contributed by atoms with Gasteiger partial charge < -0.3 is 4.74 Å². The highest BCUT2D eigenvalue weighted by molar-refractivity contribution is 8.12. The number of nitrogens with one attached hydrogen (secondary N) is 1. The van der Waals surface area contributed by atoms with Gasteiger partial charge in [-0.15, -0.1) is 10.2 Å². The second kappa shape index (κ2) is 13.7. The van der Waals surface area contributed by atoms with E-state index in [1.165, 1.54) is 6.92 Å². The van der Waals surface area contributed by atoms with Crippen molar-refractivity contribution in [3.05, 3.63) is 111 Å². The van der Waals surface area contributed by atoms with E-state index in [2.05, 4.69) is 14.9 Å². The Morgan fingerprint density at radius 3 is 2.31 bits per heavy atom. The molecule has 1 heterocycles. The van der Waals surface area contributed by atoms with Crippen molar-refractivity contribution in [3.63, 3.8) is 0 Å². The van der Waals surface area contributed by atoms with Gasteiger partial charge in [0.1, 0.15) is 18.3 Å². The van der Waals surface area contributed by atoms with Crippen molar-refractivity contribution in [1.29, 1.82) is 0 Å². The van der Waals surface area contributed by atoms with Crippen LogP contribution in [0.3, 0.4) is 0 Å². The molecule has 0 bridgehead atoms. The Balaban J connectivity index is 1.59. The van der Waals surface area contributed by atoms with E-state index in [9.17, 15) is 14.4 Å². The summed E-state index contributed by atoms with van der Waals surface area (Å²) in [7, 11) is 0. The van der Waals surface area contributed by atoms with Gasteiger partial charge in [-0.3, -0.25) is 18.9 Å². The number of aromatic nitrogens is 3. The number of amides is 1. The zero-order valence-corrected chi connectivity index (χ0v) is 23.7. The second-order valence-electron chi connectivity index (χ2n) is 8.07. The molecule has 0 aliphatic rings. The molecular formula is C27H22Cl2N4O4S2. The molecule has 1 amide bonds. The summed E-state index contributed by atoms with van der Waals surface area (Å²) in [5.74, 6) is 0.979. The van der Waals surface area contributed by atoms with Gasteiger partial charge in [0.05, 0.1) is 22.2 Å². The number of carbonyl (C=O) groups is 3. The van der Waals surface area contributed by atoms with Crippen LogP contribution in [0.15, 0.2) is 72.8 Å². The Bertz CT molecular complexity index is 1500. The van der Waals surface area contributed by atoms with Crippen LogP contribution in [0, 0.1) is 0 Å². The van der Waals surface area contributed by atoms with Crippen LogP contribution >= 0.6 is 46.9 Å². The van der Waals surface area contributed by atoms with Crippen molar-refractivity contribution in [3.8, 4) is 5.69 Å². The zero-order valence-electron chi connectivity index (χ0n) is 20.6. The van der Waals surface area contributed by atoms with Gasteiger partial charge in [0.15, 0.2) is 10.9 Å². The molecule has 0 fully saturated rings. The highest BCUT2D eigenvalue weighted by atomic mass is 35.5. The van der Waals surface area contributed by atoms with Crippen molar-refractivity contribution in [2.24, 2.45) is 0 Å². The maximum Gasteiger partial charge on any atom is 0.417 e. The molecular weight excluding hydrogens is 579 g/mol. The van der Waals surface area contributed by atoms with Gasteiger partial charge in [0.25, 0.3) is 0 Å². The van der Waals surface area contributed by atoms with E-state index in [1.54, 1.807) is 47.0 Å². The molecule has 39 heavy (non-hydrogen) atoms. The summed E-state index contributed by atoms with van der Waals surface area (Å²) in [6.45, 7) is 1.59. The molecule has 0 aliphatic carbocycles. The van der Waals surface area contributed by atoms with E-state index >= 15 is 0 Å². The first kappa shape index (κ1) is 28.7. The second-order valence-corrected chi connectivity index (χ2v) is 10.8. The Morgan fingerprint density at radius 2 is 1.59 bits per heavy atom. The number of ether oxygens (including phenoxy) is 1. The number of hydrogen-bond donors (Lipinski definition) is 1. The largest absolute Gasteiger partial charge is 0.444 e. The van der Waals surface area contributed by atoms with Crippen LogP contribution in [0.1, 0.15) is 40.1 Å². The average molecular weight is 602 g/mol. The minimum Gasteiger partial charge on any atom is -0.444 e. The van der Waals surface area contributed by atoms with Gasteiger partial charge in [-0.05, 0) is 47.8 Å². The molecule has 12 heteroatoms. The van der Waals surface area contributed by atoms with Gasteiger partial charge in [0.2, 0.25) is 0 Å². The number of halogens is 2. The minimum atomic E-state index is -0.608. The topological polar surface area (TPSA) is 103 Å². The minimum absolute atomic E-state index is 0.0909. The van der Waals surface area contributed by atoms with E-state index in [0.717, 1.165) is 29.3 Å². The van der Waals surface area contributed by atoms with Crippen LogP contribution in [-0.4, -0.2) is 31.8 Å². The average Bonchev–Trinajstić information content (AvgIpc) is 3.33. The highest BCUT2D eigenvalue weighted by Crippen LogP contribution is 2.29. The summed E-state index contributed by atoms with van der Waals surface area (Å²) in [6.07, 6.45) is -0.608. The van der Waals surface area contributed by atoms with Crippen LogP contribution in [0.2, 0.25) is 10.0 Å². The van der Waals surface area contributed by atoms with Crippen LogP contribution in [-0.2, 0) is 27.6 Å². The number of benzene rings is 3. The first-order chi connectivity index (χ1) is 18.8. The first-order valence-electron chi connectivity index (χ1n) is 11.6. The van der Waals surface area contributed by atoms with E-state index < -0.39 is 6.09 Å². The normalized spacial score (nSPS) is 10.7. The number of carbonyl (C=O) groups excluding carboxylic acids is 3. The summed E-state index contributed by atoms with van der Waals surface area (Å²) < 4.78 is 9.57. The third kappa shape index (κ3) is 7.63. The molecule has 200 valence electrons. The van der Waals surface area contributed by atoms with Crippen LogP contribution in [0.5, 0.6) is 0 Å². The molecule has 0 saturated carbocycles. The van der Waals surface area contributed by atoms with Crippen LogP contribution in [0.25, 0.3) is 5.69 Å². The fraction of sp³-hybridized carbons (Fsp3) is 0.148. The van der Waals surface area contributed by atoms with Crippen molar-refractivity contribution in [2.75, 3.05) is 0 Å². The monoisotopic (exact) mass is 600 g/mol. The van der Waals surface area contributed by atoms with Crippen molar-refractivity contribution >= 4 is 63.9 Å². The Morgan fingerprint density at radius 1 is 0.897 bits per heavy atom. The predicted molar refractivity (Wildman–Crippen MR) is 154 cm³/mol. The number of thioether (sulfide) groups is 1. The first-order valence-corrected chi connectivity index (χ1v) is 14.3. The van der Waals surface area contributed by atoms with Gasteiger partial charge in [-0.1, -0.05) is 77.4 Å². The molecule has 0 saturated heterocycles. The molecule has 4 aromatic rings. The molecule has 1 N–H and O–H groups in total. The smallest absolute Gasteiger partial charge is 0.417 e. The van der Waals surface area contributed by atoms with Crippen molar-refractivity contribution in [2.45, 2.75) is 25.0 Å². The lowest BCUT2D eigenvalue weighted by Crippen LogP contribution is -2.18. The fourth-order valence-electron chi connectivity index (χ4n) is 3.57. The summed E-state index contributed by atoms with van der Waals surface area (Å²) in [6, 6.07) is 21.0. The molecule has 0 spiro atoms. The lowest BCUT2D eigenvalue weighted by atomic mass is 10.0. The summed E-state index contributed by atoms with van der Waals surface area (Å²) in [5, 5.41) is 9.12. The zero-order chi connectivity index (χ0) is 27.8. The van der Waals surface area contributed by atoms with Gasteiger partial charge in [-0.2, -0.15) is 0 Å². The van der Waals surface area contributed by atoms with E-state index in [1.807, 2.05) is 30.3 Å². The predicted octanol–water partition coefficient (Wildman–Crippen LogP) is 6.66. The third-order valence-corrected chi connectivity index (χ3v) is 7.42. The van der Waals surface area contributed by atoms with Crippen LogP contribution in [0.4, 0.5) is 4.79 Å². The summed E-state index contributed by atoms with van der Waals surface area (Å²) >= 11 is 14.7. The molecule has 1 aromatic heterocycles.